The zero-order valence-corrected chi connectivity index (χ0v) is 13.1. The Balaban J connectivity index is 2.25. The number of aliphatic hydroxyl groups excluding tert-OH is 1. The standard InChI is InChI=1S/C16H22ClNO2/c1-11-7-13(14(17)8-12(11)2)15(20)18-6-4-5-16(3,9-18)10-19/h7-8,19H,4-6,9-10H2,1-3H3. The maximum Gasteiger partial charge on any atom is 0.255 e. The van der Waals surface area contributed by atoms with E-state index in [9.17, 15) is 9.90 Å². The van der Waals surface area contributed by atoms with Gasteiger partial charge in [0, 0.05) is 18.5 Å². The number of nitrogens with zero attached hydrogens (tertiary/aromatic N) is 1. The first kappa shape index (κ1) is 15.3. The van der Waals surface area contributed by atoms with Gasteiger partial charge in [-0.15, -0.1) is 0 Å². The number of hydrogen-bond acceptors (Lipinski definition) is 2. The average Bonchev–Trinajstić information content (AvgIpc) is 2.42. The van der Waals surface area contributed by atoms with Crippen molar-refractivity contribution in [3.8, 4) is 0 Å². The van der Waals surface area contributed by atoms with Crippen molar-refractivity contribution in [1.82, 2.24) is 4.90 Å². The van der Waals surface area contributed by atoms with Gasteiger partial charge in [-0.3, -0.25) is 4.79 Å². The topological polar surface area (TPSA) is 40.5 Å². The van der Waals surface area contributed by atoms with Crippen LogP contribution in [-0.4, -0.2) is 35.6 Å². The number of hydrogen-bond donors (Lipinski definition) is 1. The Bertz CT molecular complexity index is 529. The Morgan fingerprint density at radius 1 is 1.40 bits per heavy atom. The van der Waals surface area contributed by atoms with E-state index in [0.717, 1.165) is 30.5 Å². The van der Waals surface area contributed by atoms with Crippen LogP contribution >= 0.6 is 11.6 Å². The zero-order valence-electron chi connectivity index (χ0n) is 12.4. The van der Waals surface area contributed by atoms with Crippen LogP contribution in [0.4, 0.5) is 0 Å². The van der Waals surface area contributed by atoms with Crippen molar-refractivity contribution in [3.05, 3.63) is 33.8 Å². The number of likely N-dealkylation sites (tertiary alicyclic amines) is 1. The lowest BCUT2D eigenvalue weighted by Gasteiger charge is -2.39. The number of aryl methyl sites for hydroxylation is 2. The molecule has 1 heterocycles. The predicted octanol–water partition coefficient (Wildman–Crippen LogP) is 3.19. The van der Waals surface area contributed by atoms with Crippen molar-refractivity contribution >= 4 is 17.5 Å². The van der Waals surface area contributed by atoms with Gasteiger partial charge in [0.2, 0.25) is 0 Å². The minimum Gasteiger partial charge on any atom is -0.396 e. The van der Waals surface area contributed by atoms with Gasteiger partial charge in [-0.1, -0.05) is 18.5 Å². The molecular formula is C16H22ClNO2. The molecule has 1 amide bonds. The Morgan fingerprint density at radius 2 is 2.05 bits per heavy atom. The van der Waals surface area contributed by atoms with Gasteiger partial charge in [0.25, 0.3) is 5.91 Å². The van der Waals surface area contributed by atoms with Crippen molar-refractivity contribution in [1.29, 1.82) is 0 Å². The van der Waals surface area contributed by atoms with Crippen LogP contribution in [0.1, 0.15) is 41.3 Å². The lowest BCUT2D eigenvalue weighted by atomic mass is 9.82. The summed E-state index contributed by atoms with van der Waals surface area (Å²) in [5, 5.41) is 10.0. The Labute approximate surface area is 125 Å². The summed E-state index contributed by atoms with van der Waals surface area (Å²) in [7, 11) is 0. The molecule has 1 N–H and O–H groups in total. The summed E-state index contributed by atoms with van der Waals surface area (Å²) in [6.45, 7) is 7.42. The minimum atomic E-state index is -0.194. The Hall–Kier alpha value is -1.06. The van der Waals surface area contributed by atoms with Gasteiger partial charge < -0.3 is 10.0 Å². The van der Waals surface area contributed by atoms with Crippen LogP contribution in [-0.2, 0) is 0 Å². The normalized spacial score (nSPS) is 22.9. The van der Waals surface area contributed by atoms with E-state index in [-0.39, 0.29) is 17.9 Å². The van der Waals surface area contributed by atoms with Gasteiger partial charge >= 0.3 is 0 Å². The highest BCUT2D eigenvalue weighted by atomic mass is 35.5. The third-order valence-electron chi connectivity index (χ3n) is 4.26. The number of rotatable bonds is 2. The number of carbonyl (C=O) groups excluding carboxylic acids is 1. The second kappa shape index (κ2) is 5.74. The summed E-state index contributed by atoms with van der Waals surface area (Å²) in [6.07, 6.45) is 1.87. The van der Waals surface area contributed by atoms with Crippen molar-refractivity contribution in [3.63, 3.8) is 0 Å². The molecule has 0 saturated carbocycles. The largest absolute Gasteiger partial charge is 0.396 e. The number of carbonyl (C=O) groups is 1. The first-order valence-electron chi connectivity index (χ1n) is 7.03. The molecule has 0 bridgehead atoms. The van der Waals surface area contributed by atoms with Crippen molar-refractivity contribution in [2.45, 2.75) is 33.6 Å². The van der Waals surface area contributed by atoms with Gasteiger partial charge in [-0.05, 0) is 49.9 Å². The van der Waals surface area contributed by atoms with Crippen LogP contribution in [0.2, 0.25) is 5.02 Å². The monoisotopic (exact) mass is 295 g/mol. The fraction of sp³-hybridized carbons (Fsp3) is 0.562. The molecule has 3 nitrogen and oxygen atoms in total. The molecular weight excluding hydrogens is 274 g/mol. The number of aliphatic hydroxyl groups is 1. The SMILES string of the molecule is Cc1cc(Cl)c(C(=O)N2CCCC(C)(CO)C2)cc1C. The van der Waals surface area contributed by atoms with E-state index in [0.29, 0.717) is 17.1 Å². The Morgan fingerprint density at radius 3 is 2.70 bits per heavy atom. The summed E-state index contributed by atoms with van der Waals surface area (Å²) in [4.78, 5) is 14.5. The maximum atomic E-state index is 12.6. The molecule has 2 rings (SSSR count). The molecule has 0 aromatic heterocycles. The summed E-state index contributed by atoms with van der Waals surface area (Å²) in [6, 6.07) is 3.71. The highest BCUT2D eigenvalue weighted by Crippen LogP contribution is 2.31. The maximum absolute atomic E-state index is 12.6. The molecule has 4 heteroatoms. The number of benzene rings is 1. The molecule has 1 aromatic rings. The highest BCUT2D eigenvalue weighted by molar-refractivity contribution is 6.34. The Kier molecular flexibility index (Phi) is 4.40. The van der Waals surface area contributed by atoms with Gasteiger partial charge in [-0.2, -0.15) is 0 Å². The minimum absolute atomic E-state index is 0.0301. The quantitative estimate of drug-likeness (QED) is 0.910. The molecule has 1 unspecified atom stereocenters. The van der Waals surface area contributed by atoms with Crippen LogP contribution in [0.3, 0.4) is 0 Å². The van der Waals surface area contributed by atoms with Gasteiger partial charge in [-0.25, -0.2) is 0 Å². The van der Waals surface area contributed by atoms with E-state index in [1.165, 1.54) is 0 Å². The van der Waals surface area contributed by atoms with Crippen molar-refractivity contribution in [2.24, 2.45) is 5.41 Å². The molecule has 1 aromatic carbocycles. The molecule has 1 aliphatic rings. The smallest absolute Gasteiger partial charge is 0.255 e. The van der Waals surface area contributed by atoms with E-state index in [1.54, 1.807) is 0 Å². The number of piperidine rings is 1. The fourth-order valence-electron chi connectivity index (χ4n) is 2.73. The third kappa shape index (κ3) is 2.99. The highest BCUT2D eigenvalue weighted by Gasteiger charge is 2.33. The van der Waals surface area contributed by atoms with E-state index < -0.39 is 0 Å². The summed E-state index contributed by atoms with van der Waals surface area (Å²) in [5.74, 6) is -0.0301. The summed E-state index contributed by atoms with van der Waals surface area (Å²) >= 11 is 6.22. The van der Waals surface area contributed by atoms with E-state index in [1.807, 2.05) is 37.8 Å². The van der Waals surface area contributed by atoms with E-state index >= 15 is 0 Å². The fourth-order valence-corrected chi connectivity index (χ4v) is 3.03. The molecule has 1 fully saturated rings. The number of amides is 1. The summed E-state index contributed by atoms with van der Waals surface area (Å²) < 4.78 is 0. The van der Waals surface area contributed by atoms with E-state index in [2.05, 4.69) is 0 Å². The molecule has 0 aliphatic carbocycles. The van der Waals surface area contributed by atoms with Gasteiger partial charge in [0.1, 0.15) is 0 Å². The molecule has 110 valence electrons. The van der Waals surface area contributed by atoms with Gasteiger partial charge in [0.15, 0.2) is 0 Å². The molecule has 0 radical (unpaired) electrons. The lowest BCUT2D eigenvalue weighted by Crippen LogP contribution is -2.46. The van der Waals surface area contributed by atoms with E-state index in [4.69, 9.17) is 11.6 Å². The first-order chi connectivity index (χ1) is 9.36. The van der Waals surface area contributed by atoms with Crippen LogP contribution in [0.5, 0.6) is 0 Å². The molecule has 1 atom stereocenters. The number of halogens is 1. The predicted molar refractivity (Wildman–Crippen MR) is 81.3 cm³/mol. The third-order valence-corrected chi connectivity index (χ3v) is 4.58. The average molecular weight is 296 g/mol. The van der Waals surface area contributed by atoms with Crippen LogP contribution < -0.4 is 0 Å². The van der Waals surface area contributed by atoms with Crippen molar-refractivity contribution < 1.29 is 9.90 Å². The van der Waals surface area contributed by atoms with Crippen LogP contribution in [0, 0.1) is 19.3 Å². The molecule has 0 spiro atoms. The zero-order chi connectivity index (χ0) is 14.9. The summed E-state index contributed by atoms with van der Waals surface area (Å²) in [5.41, 5.74) is 2.53. The second-order valence-corrected chi connectivity index (χ2v) is 6.62. The molecule has 1 aliphatic heterocycles. The second-order valence-electron chi connectivity index (χ2n) is 6.22. The van der Waals surface area contributed by atoms with Crippen LogP contribution in [0.25, 0.3) is 0 Å². The first-order valence-corrected chi connectivity index (χ1v) is 7.41. The lowest BCUT2D eigenvalue weighted by molar-refractivity contribution is 0.0358. The van der Waals surface area contributed by atoms with Crippen molar-refractivity contribution in [2.75, 3.05) is 19.7 Å². The van der Waals surface area contributed by atoms with Crippen LogP contribution in [0.15, 0.2) is 12.1 Å². The van der Waals surface area contributed by atoms with Gasteiger partial charge in [0.05, 0.1) is 17.2 Å². The molecule has 20 heavy (non-hydrogen) atoms. The molecule has 1 saturated heterocycles.